The molecule has 1 rings (SSSR count). The summed E-state index contributed by atoms with van der Waals surface area (Å²) in [6.45, 7) is 6.37. The van der Waals surface area contributed by atoms with Gasteiger partial charge in [-0.15, -0.1) is 0 Å². The zero-order chi connectivity index (χ0) is 10.6. The fraction of sp³-hybridized carbons (Fsp3) is 0.909. The molecular weight excluding hydrogens is 176 g/mol. The lowest BCUT2D eigenvalue weighted by atomic mass is 9.95. The monoisotopic (exact) mass is 198 g/mol. The second-order valence-electron chi connectivity index (χ2n) is 4.36. The van der Waals surface area contributed by atoms with Crippen LogP contribution in [-0.4, -0.2) is 29.9 Å². The molecule has 0 bridgehead atoms. The Morgan fingerprint density at radius 2 is 2.00 bits per heavy atom. The highest BCUT2D eigenvalue weighted by molar-refractivity contribution is 5.80. The Labute approximate surface area is 86.6 Å². The maximum absolute atomic E-state index is 11.4. The van der Waals surface area contributed by atoms with Crippen molar-refractivity contribution in [3.63, 3.8) is 0 Å². The van der Waals surface area contributed by atoms with Gasteiger partial charge >= 0.3 is 0 Å². The molecule has 1 fully saturated rings. The Hall–Kier alpha value is -0.570. The zero-order valence-electron chi connectivity index (χ0n) is 9.33. The molecule has 1 saturated heterocycles. The van der Waals surface area contributed by atoms with Gasteiger partial charge in [0.2, 0.25) is 5.91 Å². The fourth-order valence-corrected chi connectivity index (χ4v) is 2.45. The minimum absolute atomic E-state index is 0.0301. The summed E-state index contributed by atoms with van der Waals surface area (Å²) in [6, 6.07) is -0.0301. The van der Waals surface area contributed by atoms with Crippen molar-refractivity contribution in [2.24, 2.45) is 11.7 Å². The number of hydrogen-bond acceptors (Lipinski definition) is 2. The number of nitrogens with zero attached hydrogens (tertiary/aromatic N) is 1. The first-order chi connectivity index (χ1) is 6.66. The average molecular weight is 198 g/mol. The van der Waals surface area contributed by atoms with Crippen LogP contribution in [0.4, 0.5) is 0 Å². The van der Waals surface area contributed by atoms with E-state index < -0.39 is 0 Å². The van der Waals surface area contributed by atoms with Crippen molar-refractivity contribution >= 4 is 5.91 Å². The van der Waals surface area contributed by atoms with Crippen LogP contribution in [0.1, 0.15) is 39.5 Å². The Kier molecular flexibility index (Phi) is 4.39. The van der Waals surface area contributed by atoms with Crippen LogP contribution in [0.15, 0.2) is 0 Å². The fourth-order valence-electron chi connectivity index (χ4n) is 2.45. The van der Waals surface area contributed by atoms with Crippen LogP contribution in [0.3, 0.4) is 0 Å². The van der Waals surface area contributed by atoms with Crippen LogP contribution in [0.5, 0.6) is 0 Å². The molecule has 0 saturated carbocycles. The molecule has 2 N–H and O–H groups in total. The zero-order valence-corrected chi connectivity index (χ0v) is 9.33. The van der Waals surface area contributed by atoms with Crippen LogP contribution in [0.25, 0.3) is 0 Å². The molecule has 0 radical (unpaired) electrons. The topological polar surface area (TPSA) is 46.3 Å². The maximum Gasteiger partial charge on any atom is 0.235 e. The summed E-state index contributed by atoms with van der Waals surface area (Å²) >= 11 is 0. The van der Waals surface area contributed by atoms with E-state index in [1.54, 1.807) is 0 Å². The van der Waals surface area contributed by atoms with Crippen LogP contribution >= 0.6 is 0 Å². The second-order valence-corrected chi connectivity index (χ2v) is 4.36. The number of amides is 1. The lowest BCUT2D eigenvalue weighted by Crippen LogP contribution is -2.47. The average Bonchev–Trinajstić information content (AvgIpc) is 2.57. The molecule has 1 heterocycles. The third-order valence-corrected chi connectivity index (χ3v) is 3.11. The van der Waals surface area contributed by atoms with Crippen molar-refractivity contribution in [2.45, 2.75) is 45.6 Å². The van der Waals surface area contributed by atoms with E-state index in [1.807, 2.05) is 0 Å². The van der Waals surface area contributed by atoms with Crippen molar-refractivity contribution in [1.82, 2.24) is 4.90 Å². The summed E-state index contributed by atoms with van der Waals surface area (Å²) in [6.07, 6.45) is 4.63. The Morgan fingerprint density at radius 3 is 2.43 bits per heavy atom. The number of carbonyl (C=O) groups excluding carboxylic acids is 1. The van der Waals surface area contributed by atoms with E-state index >= 15 is 0 Å². The number of primary amides is 1. The normalized spacial score (nSPS) is 22.1. The van der Waals surface area contributed by atoms with E-state index in [1.165, 1.54) is 12.8 Å². The van der Waals surface area contributed by atoms with Gasteiger partial charge in [-0.1, -0.05) is 20.3 Å². The molecule has 82 valence electrons. The minimum atomic E-state index is -0.146. The summed E-state index contributed by atoms with van der Waals surface area (Å²) in [5.41, 5.74) is 5.47. The minimum Gasteiger partial charge on any atom is -0.368 e. The molecule has 1 aliphatic rings. The van der Waals surface area contributed by atoms with Gasteiger partial charge in [0.1, 0.15) is 0 Å². The molecule has 2 unspecified atom stereocenters. The first-order valence-corrected chi connectivity index (χ1v) is 5.70. The highest BCUT2D eigenvalue weighted by Crippen LogP contribution is 2.20. The van der Waals surface area contributed by atoms with Crippen molar-refractivity contribution in [3.8, 4) is 0 Å². The van der Waals surface area contributed by atoms with Crippen molar-refractivity contribution < 1.29 is 4.79 Å². The second kappa shape index (κ2) is 5.35. The quantitative estimate of drug-likeness (QED) is 0.725. The maximum atomic E-state index is 11.4. The smallest absolute Gasteiger partial charge is 0.235 e. The SMILES string of the molecule is CCCC(C)C(C(N)=O)N1CCCC1. The molecule has 1 aliphatic heterocycles. The largest absolute Gasteiger partial charge is 0.368 e. The van der Waals surface area contributed by atoms with Gasteiger partial charge < -0.3 is 5.73 Å². The third kappa shape index (κ3) is 2.71. The predicted octanol–water partition coefficient (Wildman–Crippen LogP) is 1.37. The van der Waals surface area contributed by atoms with Crippen molar-refractivity contribution in [2.75, 3.05) is 13.1 Å². The molecule has 0 aromatic heterocycles. The van der Waals surface area contributed by atoms with Crippen LogP contribution in [0.2, 0.25) is 0 Å². The molecule has 1 amide bonds. The third-order valence-electron chi connectivity index (χ3n) is 3.11. The highest BCUT2D eigenvalue weighted by atomic mass is 16.1. The van der Waals surface area contributed by atoms with Crippen molar-refractivity contribution in [3.05, 3.63) is 0 Å². The van der Waals surface area contributed by atoms with Gasteiger partial charge in [-0.25, -0.2) is 0 Å². The number of nitrogens with two attached hydrogens (primary N) is 1. The molecule has 0 aromatic rings. The van der Waals surface area contributed by atoms with E-state index in [2.05, 4.69) is 18.7 Å². The molecule has 0 spiro atoms. The lowest BCUT2D eigenvalue weighted by molar-refractivity contribution is -0.124. The first kappa shape index (κ1) is 11.5. The van der Waals surface area contributed by atoms with E-state index in [-0.39, 0.29) is 11.9 Å². The molecule has 3 heteroatoms. The number of hydrogen-bond donors (Lipinski definition) is 1. The summed E-state index contributed by atoms with van der Waals surface area (Å²) in [4.78, 5) is 13.6. The predicted molar refractivity (Wildman–Crippen MR) is 57.9 cm³/mol. The van der Waals surface area contributed by atoms with Gasteiger partial charge in [-0.05, 0) is 38.3 Å². The molecule has 0 aliphatic carbocycles. The van der Waals surface area contributed by atoms with E-state index in [0.717, 1.165) is 25.9 Å². The Balaban J connectivity index is 2.57. The summed E-state index contributed by atoms with van der Waals surface area (Å²) in [5, 5.41) is 0. The number of rotatable bonds is 5. The van der Waals surface area contributed by atoms with Gasteiger partial charge in [0.25, 0.3) is 0 Å². The Bertz CT molecular complexity index is 188. The lowest BCUT2D eigenvalue weighted by Gasteiger charge is -2.29. The molecule has 14 heavy (non-hydrogen) atoms. The summed E-state index contributed by atoms with van der Waals surface area (Å²) in [5.74, 6) is 0.253. The van der Waals surface area contributed by atoms with Crippen LogP contribution < -0.4 is 5.73 Å². The van der Waals surface area contributed by atoms with E-state index in [9.17, 15) is 4.79 Å². The number of carbonyl (C=O) groups is 1. The van der Waals surface area contributed by atoms with Gasteiger partial charge in [0, 0.05) is 0 Å². The van der Waals surface area contributed by atoms with Gasteiger partial charge in [0.05, 0.1) is 6.04 Å². The molecule has 3 nitrogen and oxygen atoms in total. The van der Waals surface area contributed by atoms with Gasteiger partial charge in [-0.2, -0.15) is 0 Å². The highest BCUT2D eigenvalue weighted by Gasteiger charge is 2.30. The molecular formula is C11H22N2O. The standard InChI is InChI=1S/C11H22N2O/c1-3-6-9(2)10(11(12)14)13-7-4-5-8-13/h9-10H,3-8H2,1-2H3,(H2,12,14). The number of likely N-dealkylation sites (tertiary alicyclic amines) is 1. The van der Waals surface area contributed by atoms with Crippen LogP contribution in [0, 0.1) is 5.92 Å². The van der Waals surface area contributed by atoms with Crippen molar-refractivity contribution in [1.29, 1.82) is 0 Å². The van der Waals surface area contributed by atoms with Crippen LogP contribution in [-0.2, 0) is 4.79 Å². The Morgan fingerprint density at radius 1 is 1.43 bits per heavy atom. The first-order valence-electron chi connectivity index (χ1n) is 5.70. The van der Waals surface area contributed by atoms with Gasteiger partial charge in [0.15, 0.2) is 0 Å². The molecule has 2 atom stereocenters. The molecule has 0 aromatic carbocycles. The van der Waals surface area contributed by atoms with E-state index in [4.69, 9.17) is 5.73 Å². The van der Waals surface area contributed by atoms with Gasteiger partial charge in [-0.3, -0.25) is 9.69 Å². The summed E-state index contributed by atoms with van der Waals surface area (Å²) in [7, 11) is 0. The van der Waals surface area contributed by atoms with E-state index in [0.29, 0.717) is 5.92 Å². The summed E-state index contributed by atoms with van der Waals surface area (Å²) < 4.78 is 0.